The topological polar surface area (TPSA) is 85.4 Å². The minimum Gasteiger partial charge on any atom is -0.497 e. The first-order valence-electron chi connectivity index (χ1n) is 11.4. The molecule has 0 atom stereocenters. The van der Waals surface area contributed by atoms with Crippen molar-refractivity contribution in [3.8, 4) is 22.7 Å². The lowest BCUT2D eigenvalue weighted by atomic mass is 10.1. The van der Waals surface area contributed by atoms with Gasteiger partial charge in [-0.3, -0.25) is 4.68 Å². The molecule has 180 valence electrons. The predicted octanol–water partition coefficient (Wildman–Crippen LogP) is 5.92. The fourth-order valence-corrected chi connectivity index (χ4v) is 4.16. The first-order valence-corrected chi connectivity index (χ1v) is 11.4. The molecule has 36 heavy (non-hydrogen) atoms. The lowest BCUT2D eigenvalue weighted by Gasteiger charge is -2.21. The van der Waals surface area contributed by atoms with Crippen LogP contribution in [0.15, 0.2) is 97.3 Å². The summed E-state index contributed by atoms with van der Waals surface area (Å²) < 4.78 is 8.74. The molecule has 1 amide bonds. The third-order valence-electron chi connectivity index (χ3n) is 5.92. The van der Waals surface area contributed by atoms with Crippen LogP contribution >= 0.6 is 0 Å². The SMILES string of the molecule is COc1ccc(Cn2cc(-c3nn(-c4ccccc4)c(N(C(=O)O)c4ccccc4)c3C)cn2)cc1. The number of carboxylic acid groups (broad SMARTS) is 1. The molecular formula is C28H25N5O3. The molecule has 0 fully saturated rings. The number of rotatable bonds is 7. The summed E-state index contributed by atoms with van der Waals surface area (Å²) in [5.74, 6) is 1.26. The van der Waals surface area contributed by atoms with E-state index in [-0.39, 0.29) is 0 Å². The van der Waals surface area contributed by atoms with Crippen LogP contribution in [0.1, 0.15) is 11.1 Å². The molecule has 5 rings (SSSR count). The Hall–Kier alpha value is -4.85. The zero-order valence-electron chi connectivity index (χ0n) is 19.9. The summed E-state index contributed by atoms with van der Waals surface area (Å²) in [5, 5.41) is 19.6. The average molecular weight is 480 g/mol. The highest BCUT2D eigenvalue weighted by atomic mass is 16.5. The van der Waals surface area contributed by atoms with Gasteiger partial charge in [-0.05, 0) is 48.9 Å². The quantitative estimate of drug-likeness (QED) is 0.313. The van der Waals surface area contributed by atoms with Gasteiger partial charge in [0.05, 0.1) is 31.2 Å². The van der Waals surface area contributed by atoms with Gasteiger partial charge in [0.15, 0.2) is 0 Å². The third kappa shape index (κ3) is 4.44. The Morgan fingerprint density at radius 1 is 0.972 bits per heavy atom. The fraction of sp³-hybridized carbons (Fsp3) is 0.107. The molecular weight excluding hydrogens is 454 g/mol. The van der Waals surface area contributed by atoms with Crippen molar-refractivity contribution in [2.75, 3.05) is 12.0 Å². The van der Waals surface area contributed by atoms with Gasteiger partial charge in [0.25, 0.3) is 0 Å². The van der Waals surface area contributed by atoms with Gasteiger partial charge < -0.3 is 9.84 Å². The zero-order valence-corrected chi connectivity index (χ0v) is 19.9. The lowest BCUT2D eigenvalue weighted by molar-refractivity contribution is 0.204. The fourth-order valence-electron chi connectivity index (χ4n) is 4.16. The van der Waals surface area contributed by atoms with Crippen LogP contribution in [-0.4, -0.2) is 37.9 Å². The molecule has 2 heterocycles. The van der Waals surface area contributed by atoms with Crippen LogP contribution in [-0.2, 0) is 6.54 Å². The molecule has 0 bridgehead atoms. The minimum absolute atomic E-state index is 0.456. The Morgan fingerprint density at radius 3 is 2.28 bits per heavy atom. The monoisotopic (exact) mass is 479 g/mol. The summed E-state index contributed by atoms with van der Waals surface area (Å²) in [6.45, 7) is 2.47. The van der Waals surface area contributed by atoms with Crippen molar-refractivity contribution in [1.29, 1.82) is 0 Å². The van der Waals surface area contributed by atoms with Gasteiger partial charge in [-0.2, -0.15) is 10.2 Å². The van der Waals surface area contributed by atoms with Gasteiger partial charge in [0, 0.05) is 17.3 Å². The average Bonchev–Trinajstić information content (AvgIpc) is 3.50. The summed E-state index contributed by atoms with van der Waals surface area (Å²) in [4.78, 5) is 13.8. The van der Waals surface area contributed by atoms with E-state index >= 15 is 0 Å². The number of amides is 1. The molecule has 8 heteroatoms. The van der Waals surface area contributed by atoms with E-state index in [0.717, 1.165) is 28.1 Å². The molecule has 0 aliphatic heterocycles. The summed E-state index contributed by atoms with van der Waals surface area (Å²) in [7, 11) is 1.64. The Kier molecular flexibility index (Phi) is 6.23. The number of benzene rings is 3. The van der Waals surface area contributed by atoms with Crippen LogP contribution in [0.4, 0.5) is 16.3 Å². The van der Waals surface area contributed by atoms with Crippen molar-refractivity contribution >= 4 is 17.6 Å². The molecule has 0 radical (unpaired) electrons. The first kappa shape index (κ1) is 22.9. The third-order valence-corrected chi connectivity index (χ3v) is 5.92. The maximum Gasteiger partial charge on any atom is 0.417 e. The van der Waals surface area contributed by atoms with Gasteiger partial charge in [-0.15, -0.1) is 0 Å². The van der Waals surface area contributed by atoms with Crippen LogP contribution in [0.3, 0.4) is 0 Å². The second kappa shape index (κ2) is 9.79. The van der Waals surface area contributed by atoms with E-state index in [1.165, 1.54) is 4.90 Å². The standard InChI is InChI=1S/C28H25N5O3/c1-20-26(22-17-29-31(19-22)18-21-13-15-25(36-2)16-14-21)30-33(24-11-7-4-8-12-24)27(20)32(28(34)35)23-9-5-3-6-10-23/h3-17,19H,18H2,1-2H3,(H,34,35). The van der Waals surface area contributed by atoms with E-state index in [0.29, 0.717) is 23.7 Å². The highest BCUT2D eigenvalue weighted by Gasteiger charge is 2.28. The van der Waals surface area contributed by atoms with Gasteiger partial charge >= 0.3 is 6.09 Å². The number of nitrogens with zero attached hydrogens (tertiary/aromatic N) is 5. The summed E-state index contributed by atoms with van der Waals surface area (Å²) >= 11 is 0. The molecule has 2 aromatic heterocycles. The summed E-state index contributed by atoms with van der Waals surface area (Å²) in [5.41, 5.74) is 4.57. The second-order valence-electron chi connectivity index (χ2n) is 8.27. The van der Waals surface area contributed by atoms with Crippen molar-refractivity contribution in [1.82, 2.24) is 19.6 Å². The first-order chi connectivity index (χ1) is 17.5. The number of para-hydroxylation sites is 2. The Bertz CT molecular complexity index is 1480. The molecule has 0 spiro atoms. The molecule has 0 aliphatic rings. The number of methoxy groups -OCH3 is 1. The Labute approximate surface area is 208 Å². The lowest BCUT2D eigenvalue weighted by Crippen LogP contribution is -2.26. The van der Waals surface area contributed by atoms with Crippen LogP contribution < -0.4 is 9.64 Å². The van der Waals surface area contributed by atoms with Crippen LogP contribution in [0.2, 0.25) is 0 Å². The van der Waals surface area contributed by atoms with Crippen molar-refractivity contribution in [3.05, 3.63) is 108 Å². The Balaban J connectivity index is 1.58. The molecule has 8 nitrogen and oxygen atoms in total. The van der Waals surface area contributed by atoms with E-state index in [4.69, 9.17) is 9.84 Å². The van der Waals surface area contributed by atoms with Gasteiger partial charge in [-0.25, -0.2) is 14.4 Å². The maximum atomic E-state index is 12.5. The zero-order chi connectivity index (χ0) is 25.1. The van der Waals surface area contributed by atoms with E-state index in [1.54, 1.807) is 30.1 Å². The van der Waals surface area contributed by atoms with Crippen LogP contribution in [0.25, 0.3) is 16.9 Å². The van der Waals surface area contributed by atoms with Gasteiger partial charge in [0.2, 0.25) is 0 Å². The number of carbonyl (C=O) groups is 1. The molecule has 0 saturated heterocycles. The summed E-state index contributed by atoms with van der Waals surface area (Å²) in [6.07, 6.45) is 2.58. The van der Waals surface area contributed by atoms with Gasteiger partial charge in [-0.1, -0.05) is 48.5 Å². The van der Waals surface area contributed by atoms with Crippen molar-refractivity contribution in [2.45, 2.75) is 13.5 Å². The van der Waals surface area contributed by atoms with Crippen molar-refractivity contribution in [2.24, 2.45) is 0 Å². The molecule has 1 N–H and O–H groups in total. The minimum atomic E-state index is -1.09. The molecule has 0 saturated carbocycles. The molecule has 3 aromatic carbocycles. The van der Waals surface area contributed by atoms with Crippen LogP contribution in [0.5, 0.6) is 5.75 Å². The summed E-state index contributed by atoms with van der Waals surface area (Å²) in [6, 6.07) is 26.4. The number of anilines is 2. The molecule has 0 aliphatic carbocycles. The number of hydrogen-bond donors (Lipinski definition) is 1. The highest BCUT2D eigenvalue weighted by molar-refractivity contribution is 5.96. The van der Waals surface area contributed by atoms with Gasteiger partial charge in [0.1, 0.15) is 17.3 Å². The van der Waals surface area contributed by atoms with E-state index in [1.807, 2.05) is 90.6 Å². The number of hydrogen-bond acceptors (Lipinski definition) is 4. The molecule has 0 unspecified atom stereocenters. The molecule has 5 aromatic rings. The normalized spacial score (nSPS) is 10.8. The predicted molar refractivity (Wildman–Crippen MR) is 138 cm³/mol. The number of ether oxygens (including phenoxy) is 1. The highest BCUT2D eigenvalue weighted by Crippen LogP contribution is 2.36. The van der Waals surface area contributed by atoms with E-state index in [9.17, 15) is 9.90 Å². The van der Waals surface area contributed by atoms with Crippen molar-refractivity contribution in [3.63, 3.8) is 0 Å². The Morgan fingerprint density at radius 2 is 1.64 bits per heavy atom. The van der Waals surface area contributed by atoms with E-state index < -0.39 is 6.09 Å². The second-order valence-corrected chi connectivity index (χ2v) is 8.27. The van der Waals surface area contributed by atoms with Crippen molar-refractivity contribution < 1.29 is 14.6 Å². The largest absolute Gasteiger partial charge is 0.497 e. The van der Waals surface area contributed by atoms with Crippen LogP contribution in [0, 0.1) is 6.92 Å². The smallest absolute Gasteiger partial charge is 0.417 e. The van der Waals surface area contributed by atoms with E-state index in [2.05, 4.69) is 5.10 Å². The maximum absolute atomic E-state index is 12.5. The number of aromatic nitrogens is 4.